The van der Waals surface area contributed by atoms with Crippen molar-refractivity contribution in [3.8, 4) is 5.88 Å². The van der Waals surface area contributed by atoms with Gasteiger partial charge >= 0.3 is 6.18 Å². The molecule has 0 saturated heterocycles. The summed E-state index contributed by atoms with van der Waals surface area (Å²) in [4.78, 5) is 18.2. The van der Waals surface area contributed by atoms with E-state index in [1.54, 1.807) is 24.4 Å². The largest absolute Gasteiger partial charge is 0.471 e. The number of amides is 1. The van der Waals surface area contributed by atoms with E-state index in [1.807, 2.05) is 6.92 Å². The van der Waals surface area contributed by atoms with Crippen molar-refractivity contribution in [2.24, 2.45) is 0 Å². The molecule has 1 aliphatic heterocycles. The number of carbonyl (C=O) groups excluding carboxylic acids is 1. The van der Waals surface area contributed by atoms with Crippen molar-refractivity contribution in [3.05, 3.63) is 53.7 Å². The van der Waals surface area contributed by atoms with Crippen molar-refractivity contribution < 1.29 is 22.7 Å². The van der Waals surface area contributed by atoms with Gasteiger partial charge in [-0.25, -0.2) is 4.98 Å². The number of ether oxygens (including phenoxy) is 1. The Hall–Kier alpha value is -2.57. The third-order valence-electron chi connectivity index (χ3n) is 4.03. The van der Waals surface area contributed by atoms with Gasteiger partial charge in [-0.15, -0.1) is 0 Å². The van der Waals surface area contributed by atoms with Gasteiger partial charge in [0.05, 0.1) is 12.1 Å². The third-order valence-corrected chi connectivity index (χ3v) is 4.03. The standard InChI is InChI=1S/C18H17F3N2O2/c1-12-11-23(15-7-4-10-22-17(15)25-12)16(24)9-8-13-5-2-3-6-14(13)18(19,20)21/h2-7,10,12H,8-9,11H2,1H3. The zero-order valence-electron chi connectivity index (χ0n) is 13.6. The van der Waals surface area contributed by atoms with Crippen LogP contribution < -0.4 is 9.64 Å². The molecule has 0 fully saturated rings. The summed E-state index contributed by atoms with van der Waals surface area (Å²) < 4.78 is 44.8. The monoisotopic (exact) mass is 350 g/mol. The Morgan fingerprint density at radius 3 is 2.80 bits per heavy atom. The highest BCUT2D eigenvalue weighted by Gasteiger charge is 2.33. The van der Waals surface area contributed by atoms with E-state index in [0.717, 1.165) is 6.07 Å². The molecule has 4 nitrogen and oxygen atoms in total. The molecule has 0 aliphatic carbocycles. The zero-order chi connectivity index (χ0) is 18.0. The molecule has 1 aromatic carbocycles. The minimum atomic E-state index is -4.43. The van der Waals surface area contributed by atoms with E-state index in [0.29, 0.717) is 18.1 Å². The van der Waals surface area contributed by atoms with Gasteiger partial charge in [0, 0.05) is 12.6 Å². The number of aromatic nitrogens is 1. The summed E-state index contributed by atoms with van der Waals surface area (Å²) in [5.41, 5.74) is -0.0222. The molecule has 3 rings (SSSR count). The van der Waals surface area contributed by atoms with Gasteiger partial charge in [-0.1, -0.05) is 18.2 Å². The molecule has 1 aliphatic rings. The van der Waals surface area contributed by atoms with Crippen LogP contribution in [0.1, 0.15) is 24.5 Å². The van der Waals surface area contributed by atoms with Crippen molar-refractivity contribution in [1.82, 2.24) is 4.98 Å². The molecule has 25 heavy (non-hydrogen) atoms. The van der Waals surface area contributed by atoms with Gasteiger partial charge < -0.3 is 9.64 Å². The first-order chi connectivity index (χ1) is 11.9. The predicted octanol–water partition coefficient (Wildman–Crippen LogP) is 3.85. The average molecular weight is 350 g/mol. The molecule has 1 atom stereocenters. The Labute approximate surface area is 143 Å². The van der Waals surface area contributed by atoms with Crippen LogP contribution in [0.3, 0.4) is 0 Å². The fraction of sp³-hybridized carbons (Fsp3) is 0.333. The third kappa shape index (κ3) is 3.75. The van der Waals surface area contributed by atoms with Crippen LogP contribution in [-0.2, 0) is 17.4 Å². The summed E-state index contributed by atoms with van der Waals surface area (Å²) in [5, 5.41) is 0. The molecule has 0 spiro atoms. The Morgan fingerprint density at radius 2 is 2.04 bits per heavy atom. The van der Waals surface area contributed by atoms with E-state index >= 15 is 0 Å². The number of hydrogen-bond donors (Lipinski definition) is 0. The first kappa shape index (κ1) is 17.3. The normalized spacial score (nSPS) is 17.0. The number of nitrogens with zero attached hydrogens (tertiary/aromatic N) is 2. The maximum Gasteiger partial charge on any atom is 0.416 e. The fourth-order valence-corrected chi connectivity index (χ4v) is 2.89. The highest BCUT2D eigenvalue weighted by atomic mass is 19.4. The Morgan fingerprint density at radius 1 is 1.28 bits per heavy atom. The molecule has 1 amide bonds. The molecule has 2 aromatic rings. The van der Waals surface area contributed by atoms with Crippen molar-refractivity contribution in [3.63, 3.8) is 0 Å². The van der Waals surface area contributed by atoms with Crippen LogP contribution in [0.5, 0.6) is 5.88 Å². The van der Waals surface area contributed by atoms with Crippen molar-refractivity contribution >= 4 is 11.6 Å². The second kappa shape index (κ2) is 6.74. The number of hydrogen-bond acceptors (Lipinski definition) is 3. The van der Waals surface area contributed by atoms with Crippen LogP contribution in [0.2, 0.25) is 0 Å². The summed E-state index contributed by atoms with van der Waals surface area (Å²) in [6.07, 6.45) is -3.08. The number of aryl methyl sites for hydroxylation is 1. The van der Waals surface area contributed by atoms with Crippen LogP contribution in [0.25, 0.3) is 0 Å². The van der Waals surface area contributed by atoms with Gasteiger partial charge in [-0.05, 0) is 37.1 Å². The van der Waals surface area contributed by atoms with Gasteiger partial charge in [-0.2, -0.15) is 13.2 Å². The second-order valence-corrected chi connectivity index (χ2v) is 5.92. The number of halogens is 3. The average Bonchev–Trinajstić information content (AvgIpc) is 2.58. The minimum Gasteiger partial charge on any atom is -0.471 e. The van der Waals surface area contributed by atoms with E-state index in [4.69, 9.17) is 4.74 Å². The molecule has 7 heteroatoms. The summed E-state index contributed by atoms with van der Waals surface area (Å²) in [7, 11) is 0. The topological polar surface area (TPSA) is 42.4 Å². The van der Waals surface area contributed by atoms with Crippen LogP contribution in [0.15, 0.2) is 42.6 Å². The molecular weight excluding hydrogens is 333 g/mol. The molecule has 2 heterocycles. The molecule has 0 N–H and O–H groups in total. The molecule has 1 aromatic heterocycles. The molecule has 1 unspecified atom stereocenters. The number of rotatable bonds is 3. The SMILES string of the molecule is CC1CN(C(=O)CCc2ccccc2C(F)(F)F)c2cccnc2O1. The lowest BCUT2D eigenvalue weighted by molar-refractivity contribution is -0.138. The highest BCUT2D eigenvalue weighted by molar-refractivity contribution is 5.95. The number of pyridine rings is 1. The second-order valence-electron chi connectivity index (χ2n) is 5.92. The van der Waals surface area contributed by atoms with E-state index in [-0.39, 0.29) is 30.4 Å². The van der Waals surface area contributed by atoms with Crippen molar-refractivity contribution in [1.29, 1.82) is 0 Å². The van der Waals surface area contributed by atoms with Gasteiger partial charge in [0.15, 0.2) is 0 Å². The van der Waals surface area contributed by atoms with Crippen LogP contribution >= 0.6 is 0 Å². The summed E-state index contributed by atoms with van der Waals surface area (Å²) in [6.45, 7) is 2.16. The van der Waals surface area contributed by atoms with E-state index in [9.17, 15) is 18.0 Å². The number of benzene rings is 1. The maximum absolute atomic E-state index is 13.1. The molecule has 0 bridgehead atoms. The summed E-state index contributed by atoms with van der Waals surface area (Å²) >= 11 is 0. The smallest absolute Gasteiger partial charge is 0.416 e. The number of anilines is 1. The lowest BCUT2D eigenvalue weighted by Crippen LogP contribution is -2.42. The summed E-state index contributed by atoms with van der Waals surface area (Å²) in [6, 6.07) is 8.75. The van der Waals surface area contributed by atoms with Gasteiger partial charge in [0.25, 0.3) is 0 Å². The van der Waals surface area contributed by atoms with Crippen molar-refractivity contribution in [2.75, 3.05) is 11.4 Å². The molecule has 0 saturated carbocycles. The Balaban J connectivity index is 1.76. The molecular formula is C18H17F3N2O2. The van der Waals surface area contributed by atoms with E-state index < -0.39 is 11.7 Å². The van der Waals surface area contributed by atoms with Gasteiger partial charge in [-0.3, -0.25) is 4.79 Å². The Bertz CT molecular complexity index is 777. The van der Waals surface area contributed by atoms with E-state index in [2.05, 4.69) is 4.98 Å². The minimum absolute atomic E-state index is 0.0197. The lowest BCUT2D eigenvalue weighted by Gasteiger charge is -2.32. The maximum atomic E-state index is 13.1. The quantitative estimate of drug-likeness (QED) is 0.844. The van der Waals surface area contributed by atoms with Crippen LogP contribution in [0.4, 0.5) is 18.9 Å². The summed E-state index contributed by atoms with van der Waals surface area (Å²) in [5.74, 6) is 0.117. The number of fused-ring (bicyclic) bond motifs is 1. The predicted molar refractivity (Wildman–Crippen MR) is 86.4 cm³/mol. The fourth-order valence-electron chi connectivity index (χ4n) is 2.89. The molecule has 0 radical (unpaired) electrons. The van der Waals surface area contributed by atoms with Crippen molar-refractivity contribution in [2.45, 2.75) is 32.0 Å². The number of alkyl halides is 3. The van der Waals surface area contributed by atoms with Crippen LogP contribution in [0, 0.1) is 0 Å². The number of carbonyl (C=O) groups is 1. The van der Waals surface area contributed by atoms with Crippen LogP contribution in [-0.4, -0.2) is 23.5 Å². The first-order valence-electron chi connectivity index (χ1n) is 7.93. The Kier molecular flexibility index (Phi) is 4.65. The lowest BCUT2D eigenvalue weighted by atomic mass is 10.0. The highest BCUT2D eigenvalue weighted by Crippen LogP contribution is 2.34. The van der Waals surface area contributed by atoms with E-state index in [1.165, 1.54) is 17.0 Å². The first-order valence-corrected chi connectivity index (χ1v) is 7.93. The zero-order valence-corrected chi connectivity index (χ0v) is 13.6. The van der Waals surface area contributed by atoms with Gasteiger partial charge in [0.2, 0.25) is 11.8 Å². The van der Waals surface area contributed by atoms with Gasteiger partial charge in [0.1, 0.15) is 11.8 Å². The molecule has 132 valence electrons.